The first-order chi connectivity index (χ1) is 19.2. The predicted molar refractivity (Wildman–Crippen MR) is 155 cm³/mol. The number of sulfonamides is 1. The van der Waals surface area contributed by atoms with E-state index in [1.807, 2.05) is 41.3 Å². The van der Waals surface area contributed by atoms with Gasteiger partial charge in [-0.1, -0.05) is 18.2 Å². The van der Waals surface area contributed by atoms with Crippen LogP contribution in [0.5, 0.6) is 5.75 Å². The molecule has 0 aliphatic carbocycles. The number of nitrogens with one attached hydrogen (secondary N) is 2. The van der Waals surface area contributed by atoms with E-state index in [1.165, 1.54) is 14.2 Å². The number of hydrogen-bond acceptors (Lipinski definition) is 8. The summed E-state index contributed by atoms with van der Waals surface area (Å²) in [6.45, 7) is 0. The van der Waals surface area contributed by atoms with Gasteiger partial charge in [0.15, 0.2) is 5.11 Å². The molecule has 1 fully saturated rings. The van der Waals surface area contributed by atoms with Gasteiger partial charge in [-0.25, -0.2) is 13.2 Å². The molecule has 3 heterocycles. The van der Waals surface area contributed by atoms with E-state index in [0.29, 0.717) is 44.9 Å². The number of carbonyl (C=O) groups excluding carboxylic acids is 1. The molecule has 40 heavy (non-hydrogen) atoms. The second-order valence-electron chi connectivity index (χ2n) is 9.03. The first-order valence-electron chi connectivity index (χ1n) is 12.1. The van der Waals surface area contributed by atoms with E-state index < -0.39 is 22.0 Å². The van der Waals surface area contributed by atoms with Crippen molar-refractivity contribution in [3.63, 3.8) is 0 Å². The SMILES string of the molecule is COC(=O)c1cccc(-c2ccc([C@@H]3[C@@H](c4ccccn4)NC(=S)N3c3ccc(NS(C)(=O)=O)c(OC)c3)o2)c1. The fraction of sp³-hybridized carbons (Fsp3) is 0.179. The maximum Gasteiger partial charge on any atom is 0.337 e. The number of benzene rings is 2. The number of nitrogens with zero attached hydrogens (tertiary/aromatic N) is 2. The van der Waals surface area contributed by atoms with E-state index in [1.54, 1.807) is 42.6 Å². The summed E-state index contributed by atoms with van der Waals surface area (Å²) in [6, 6.07) is 20.6. The van der Waals surface area contributed by atoms with Crippen molar-refractivity contribution in [2.45, 2.75) is 12.1 Å². The standard InChI is InChI=1S/C28H26N4O6S2/c1-36-24-16-19(10-11-20(24)31-40(3,34)35)32-26(25(30-28(32)39)21-9-4-5-14-29-21)23-13-12-22(38-23)17-7-6-8-18(15-17)27(33)37-2/h4-16,25-26,31H,1-3H3,(H,30,39)/t25-,26-/m1/s1. The van der Waals surface area contributed by atoms with Crippen molar-refractivity contribution in [3.8, 4) is 17.1 Å². The molecule has 2 aromatic carbocycles. The van der Waals surface area contributed by atoms with Crippen LogP contribution in [0.15, 0.2) is 83.4 Å². The molecule has 0 unspecified atom stereocenters. The number of ether oxygens (including phenoxy) is 2. The molecule has 1 aliphatic heterocycles. The molecule has 10 nitrogen and oxygen atoms in total. The average Bonchev–Trinajstić information content (AvgIpc) is 3.57. The summed E-state index contributed by atoms with van der Waals surface area (Å²) in [5.41, 5.74) is 2.83. The summed E-state index contributed by atoms with van der Waals surface area (Å²) in [6.07, 6.45) is 2.78. The Morgan fingerprint density at radius 1 is 1.07 bits per heavy atom. The van der Waals surface area contributed by atoms with Gasteiger partial charge in [0.05, 0.1) is 43.5 Å². The van der Waals surface area contributed by atoms with Crippen LogP contribution in [0.25, 0.3) is 11.3 Å². The fourth-order valence-corrected chi connectivity index (χ4v) is 5.53. The lowest BCUT2D eigenvalue weighted by Crippen LogP contribution is -2.29. The number of thiocarbonyl (C=S) groups is 1. The van der Waals surface area contributed by atoms with Gasteiger partial charge in [0.2, 0.25) is 10.0 Å². The van der Waals surface area contributed by atoms with Gasteiger partial charge in [-0.3, -0.25) is 9.71 Å². The summed E-state index contributed by atoms with van der Waals surface area (Å²) in [5, 5.41) is 3.79. The van der Waals surface area contributed by atoms with Gasteiger partial charge in [-0.15, -0.1) is 0 Å². The molecule has 0 bridgehead atoms. The quantitative estimate of drug-likeness (QED) is 0.225. The maximum absolute atomic E-state index is 12.1. The molecule has 2 aromatic heterocycles. The third-order valence-corrected chi connectivity index (χ3v) is 7.25. The molecular weight excluding hydrogens is 552 g/mol. The number of aromatic nitrogens is 1. The van der Waals surface area contributed by atoms with Crippen molar-refractivity contribution in [3.05, 3.63) is 96.0 Å². The van der Waals surface area contributed by atoms with Crippen LogP contribution in [0, 0.1) is 0 Å². The lowest BCUT2D eigenvalue weighted by Gasteiger charge is -2.27. The van der Waals surface area contributed by atoms with Crippen LogP contribution < -0.4 is 19.7 Å². The number of methoxy groups -OCH3 is 2. The Kier molecular flexibility index (Phi) is 7.46. The number of esters is 1. The molecule has 12 heteroatoms. The monoisotopic (exact) mass is 578 g/mol. The minimum atomic E-state index is -3.52. The van der Waals surface area contributed by atoms with Gasteiger partial charge in [-0.2, -0.15) is 0 Å². The van der Waals surface area contributed by atoms with Gasteiger partial charge < -0.3 is 24.1 Å². The molecule has 5 rings (SSSR count). The summed E-state index contributed by atoms with van der Waals surface area (Å²) >= 11 is 5.78. The smallest absolute Gasteiger partial charge is 0.337 e. The highest BCUT2D eigenvalue weighted by molar-refractivity contribution is 7.92. The van der Waals surface area contributed by atoms with Crippen LogP contribution in [0.2, 0.25) is 0 Å². The number of carbonyl (C=O) groups is 1. The number of rotatable bonds is 8. The van der Waals surface area contributed by atoms with Crippen LogP contribution in [-0.2, 0) is 14.8 Å². The zero-order valence-corrected chi connectivity index (χ0v) is 23.5. The van der Waals surface area contributed by atoms with Gasteiger partial charge in [0.25, 0.3) is 0 Å². The Bertz CT molecular complexity index is 1670. The van der Waals surface area contributed by atoms with Gasteiger partial charge in [0, 0.05) is 23.5 Å². The number of pyridine rings is 1. The molecule has 206 valence electrons. The number of hydrogen-bond donors (Lipinski definition) is 2. The zero-order chi connectivity index (χ0) is 28.4. The Morgan fingerprint density at radius 2 is 1.90 bits per heavy atom. The van der Waals surface area contributed by atoms with Crippen LogP contribution in [0.1, 0.15) is 33.9 Å². The van der Waals surface area contributed by atoms with Crippen molar-refractivity contribution in [2.75, 3.05) is 30.1 Å². The lowest BCUT2D eigenvalue weighted by atomic mass is 10.0. The third kappa shape index (κ3) is 5.49. The third-order valence-electron chi connectivity index (χ3n) is 6.34. The van der Waals surface area contributed by atoms with Crippen LogP contribution in [-0.4, -0.2) is 45.0 Å². The Morgan fingerprint density at radius 3 is 2.60 bits per heavy atom. The van der Waals surface area contributed by atoms with Crippen LogP contribution >= 0.6 is 12.2 Å². The highest BCUT2D eigenvalue weighted by atomic mass is 32.2. The molecule has 2 N–H and O–H groups in total. The zero-order valence-electron chi connectivity index (χ0n) is 21.8. The lowest BCUT2D eigenvalue weighted by molar-refractivity contribution is 0.0600. The fourth-order valence-electron chi connectivity index (χ4n) is 4.62. The topological polar surface area (TPSA) is 123 Å². The Labute approximate surface area is 237 Å². The Hall–Kier alpha value is -4.42. The summed E-state index contributed by atoms with van der Waals surface area (Å²) in [5.74, 6) is 1.04. The number of anilines is 2. The van der Waals surface area contributed by atoms with Crippen molar-refractivity contribution in [2.24, 2.45) is 0 Å². The highest BCUT2D eigenvalue weighted by Crippen LogP contribution is 2.44. The molecule has 1 saturated heterocycles. The molecule has 0 saturated carbocycles. The van der Waals surface area contributed by atoms with Crippen molar-refractivity contribution >= 4 is 44.7 Å². The molecular formula is C28H26N4O6S2. The predicted octanol–water partition coefficient (Wildman–Crippen LogP) is 4.69. The van der Waals surface area contributed by atoms with E-state index in [-0.39, 0.29) is 6.04 Å². The van der Waals surface area contributed by atoms with E-state index in [0.717, 1.165) is 11.9 Å². The molecule has 0 spiro atoms. The van der Waals surface area contributed by atoms with E-state index in [2.05, 4.69) is 15.0 Å². The molecule has 2 atom stereocenters. The van der Waals surface area contributed by atoms with Crippen molar-refractivity contribution in [1.82, 2.24) is 10.3 Å². The minimum Gasteiger partial charge on any atom is -0.494 e. The molecule has 1 aliphatic rings. The van der Waals surface area contributed by atoms with Gasteiger partial charge in [0.1, 0.15) is 23.3 Å². The maximum atomic E-state index is 12.1. The normalized spacial score (nSPS) is 16.9. The molecule has 0 amide bonds. The molecule has 4 aromatic rings. The van der Waals surface area contributed by atoms with Gasteiger partial charge in [-0.05, 0) is 60.7 Å². The summed E-state index contributed by atoms with van der Waals surface area (Å²) in [7, 11) is -0.724. The van der Waals surface area contributed by atoms with Crippen LogP contribution in [0.4, 0.5) is 11.4 Å². The molecule has 0 radical (unpaired) electrons. The average molecular weight is 579 g/mol. The van der Waals surface area contributed by atoms with E-state index in [4.69, 9.17) is 26.1 Å². The largest absolute Gasteiger partial charge is 0.494 e. The van der Waals surface area contributed by atoms with Crippen molar-refractivity contribution in [1.29, 1.82) is 0 Å². The highest BCUT2D eigenvalue weighted by Gasteiger charge is 2.43. The summed E-state index contributed by atoms with van der Waals surface area (Å²) in [4.78, 5) is 18.5. The second kappa shape index (κ2) is 11.0. The minimum absolute atomic E-state index is 0.301. The van der Waals surface area contributed by atoms with Crippen LogP contribution in [0.3, 0.4) is 0 Å². The first-order valence-corrected chi connectivity index (χ1v) is 14.4. The number of furan rings is 1. The van der Waals surface area contributed by atoms with Crippen molar-refractivity contribution < 1.29 is 27.1 Å². The second-order valence-corrected chi connectivity index (χ2v) is 11.2. The first kappa shape index (κ1) is 27.2. The van der Waals surface area contributed by atoms with E-state index in [9.17, 15) is 13.2 Å². The summed E-state index contributed by atoms with van der Waals surface area (Å²) < 4.78 is 42.9. The van der Waals surface area contributed by atoms with Gasteiger partial charge >= 0.3 is 5.97 Å². The Balaban J connectivity index is 1.58. The van der Waals surface area contributed by atoms with E-state index >= 15 is 0 Å².